The number of benzene rings is 4. The molecule has 32 heteroatoms. The molecule has 0 aliphatic carbocycles. The number of aryl methyl sites for hydroxylation is 3. The zero-order chi connectivity index (χ0) is 74.5. The first-order chi connectivity index (χ1) is 50.1. The smallest absolute Gasteiger partial charge is 0.419 e. The lowest BCUT2D eigenvalue weighted by molar-refractivity contribution is -0.137. The summed E-state index contributed by atoms with van der Waals surface area (Å²) in [5, 5.41) is 10.9. The number of pyridine rings is 2. The molecule has 0 saturated carbocycles. The van der Waals surface area contributed by atoms with Crippen LogP contribution < -0.4 is 11.1 Å². The van der Waals surface area contributed by atoms with Gasteiger partial charge in [0.05, 0.1) is 55.1 Å². The number of hydrogen-bond acceptors (Lipinski definition) is 22. The number of rotatable bonds is 15. The molecule has 2 aliphatic heterocycles. The van der Waals surface area contributed by atoms with E-state index < -0.39 is 52.5 Å². The van der Waals surface area contributed by atoms with Crippen molar-refractivity contribution in [1.29, 1.82) is 0 Å². The molecule has 2 fully saturated rings. The number of fused-ring (bicyclic) bond motifs is 2. The van der Waals surface area contributed by atoms with Gasteiger partial charge < -0.3 is 39.4 Å². The second kappa shape index (κ2) is 30.6. The summed E-state index contributed by atoms with van der Waals surface area (Å²) in [7, 11) is -12.5. The average molecular weight is 1490 g/mol. The van der Waals surface area contributed by atoms with Crippen LogP contribution in [0.25, 0.3) is 67.1 Å². The highest BCUT2D eigenvalue weighted by Gasteiger charge is 2.39. The number of halogens is 3. The number of likely N-dealkylation sites (tertiary alicyclic amines) is 2. The van der Waals surface area contributed by atoms with Gasteiger partial charge in [-0.25, -0.2) is 72.7 Å². The maximum Gasteiger partial charge on any atom is 0.419 e. The molecule has 4 aromatic carbocycles. The minimum absolute atomic E-state index is 0.0209. The van der Waals surface area contributed by atoms with Gasteiger partial charge in [0.25, 0.3) is 20.0 Å². The Morgan fingerprint density at radius 3 is 1.48 bits per heavy atom. The topological polar surface area (TPSA) is 339 Å². The Balaban J connectivity index is 0.000000163. The Morgan fingerprint density at radius 2 is 1.02 bits per heavy atom. The van der Waals surface area contributed by atoms with Gasteiger partial charge in [0.1, 0.15) is 31.3 Å². The van der Waals surface area contributed by atoms with E-state index in [0.717, 1.165) is 58.8 Å². The van der Waals surface area contributed by atoms with Gasteiger partial charge in [-0.1, -0.05) is 107 Å². The molecule has 0 bridgehead atoms. The monoisotopic (exact) mass is 1490 g/mol. The summed E-state index contributed by atoms with van der Waals surface area (Å²) >= 11 is 0. The second-order valence-electron chi connectivity index (χ2n) is 25.3. The lowest BCUT2D eigenvalue weighted by Crippen LogP contribution is -2.50. The molecule has 3 N–H and O–H groups in total. The fourth-order valence-corrected chi connectivity index (χ4v) is 15.3. The summed E-state index contributed by atoms with van der Waals surface area (Å²) in [6.07, 6.45) is 6.00. The number of nitrogens with one attached hydrogen (secondary N) is 1. The second-order valence-corrected chi connectivity index (χ2v) is 30.9. The lowest BCUT2D eigenvalue weighted by atomic mass is 10.00. The number of anilines is 1. The van der Waals surface area contributed by atoms with Crippen LogP contribution in [0.15, 0.2) is 207 Å². The van der Waals surface area contributed by atoms with Crippen LogP contribution in [0.4, 0.5) is 28.7 Å². The zero-order valence-corrected chi connectivity index (χ0v) is 59.9. The van der Waals surface area contributed by atoms with Crippen molar-refractivity contribution in [3.63, 3.8) is 0 Å². The van der Waals surface area contributed by atoms with Crippen LogP contribution in [-0.4, -0.2) is 139 Å². The number of piperidine rings is 2. The number of ether oxygens (including phenoxy) is 2. The predicted molar refractivity (Wildman–Crippen MR) is 382 cm³/mol. The fourth-order valence-electron chi connectivity index (χ4n) is 12.1. The predicted octanol–water partition coefficient (Wildman–Crippen LogP) is 12.9. The van der Waals surface area contributed by atoms with Crippen LogP contribution in [0.2, 0.25) is 0 Å². The number of aromatic nitrogens is 10. The summed E-state index contributed by atoms with van der Waals surface area (Å²) in [6.45, 7) is 10.9. The minimum Gasteiger partial charge on any atom is -0.445 e. The molecular formula is C73H71F3N14O12S3. The molecule has 2 aliphatic rings. The average Bonchev–Trinajstić information content (AvgIpc) is 1.60. The van der Waals surface area contributed by atoms with Crippen molar-refractivity contribution in [3.8, 4) is 45.0 Å². The van der Waals surface area contributed by atoms with Crippen molar-refractivity contribution in [2.45, 2.75) is 119 Å². The van der Waals surface area contributed by atoms with E-state index in [4.69, 9.17) is 34.2 Å². The molecule has 0 unspecified atom stereocenters. The molecular weight excluding hydrogens is 1420 g/mol. The maximum absolute atomic E-state index is 14.0. The van der Waals surface area contributed by atoms with Crippen LogP contribution >= 0.6 is 0 Å². The van der Waals surface area contributed by atoms with Gasteiger partial charge >= 0.3 is 18.4 Å². The van der Waals surface area contributed by atoms with Gasteiger partial charge in [-0.3, -0.25) is 0 Å². The molecule has 2 amide bonds. The Hall–Kier alpha value is -11.2. The Labute approximate surface area is 602 Å². The molecule has 0 spiro atoms. The highest BCUT2D eigenvalue weighted by Crippen LogP contribution is 2.42. The summed E-state index contributed by atoms with van der Waals surface area (Å²) in [4.78, 5) is 54.2. The molecule has 12 aromatic rings. The maximum atomic E-state index is 14.0. The molecule has 14 rings (SSSR count). The third-order valence-electron chi connectivity index (χ3n) is 17.8. The van der Waals surface area contributed by atoms with E-state index in [-0.39, 0.29) is 80.7 Å². The van der Waals surface area contributed by atoms with Crippen molar-refractivity contribution in [1.82, 2.24) is 58.0 Å². The highest BCUT2D eigenvalue weighted by atomic mass is 32.2. The van der Waals surface area contributed by atoms with Crippen molar-refractivity contribution in [3.05, 3.63) is 217 Å². The van der Waals surface area contributed by atoms with Crippen molar-refractivity contribution < 1.29 is 66.5 Å². The number of carbonyl (C=O) groups excluding carboxylic acids is 2. The van der Waals surface area contributed by atoms with Crippen molar-refractivity contribution in [2.24, 2.45) is 5.73 Å². The number of alkyl halides is 3. The van der Waals surface area contributed by atoms with Gasteiger partial charge in [-0.2, -0.15) is 13.2 Å². The molecule has 4 atom stereocenters. The Bertz CT molecular complexity index is 5500. The number of carbonyl (C=O) groups is 2. The van der Waals surface area contributed by atoms with Gasteiger partial charge in [0.2, 0.25) is 20.9 Å². The van der Waals surface area contributed by atoms with Crippen LogP contribution in [0.1, 0.15) is 73.2 Å². The molecule has 8 aromatic heterocycles. The van der Waals surface area contributed by atoms with E-state index >= 15 is 0 Å². The van der Waals surface area contributed by atoms with Gasteiger partial charge in [-0.05, 0) is 126 Å². The van der Waals surface area contributed by atoms with E-state index in [0.29, 0.717) is 76.7 Å². The first-order valence-electron chi connectivity index (χ1n) is 33.1. The Kier molecular flexibility index (Phi) is 21.4. The SMILES string of the molecule is C[C@H]1CC[C@@H](N)CN1C(=O)OCc1ccccc1.Cc1cnc(N[C@@H]2CC[C@@H](C)N(C(=O)OCc3ccccc3)C2)nc1-c1cn(S(=O)(=O)c2ccccc2)c2nc(-c3conc3C)ccc12.Cc1nocc1-c1ccc2c(-c3nc(S(C)(=O)=O)ncc3C(F)(F)F)cn(S(=O)(=O)c3ccccc3)c2n1. The van der Waals surface area contributed by atoms with E-state index in [1.165, 1.54) is 52.9 Å². The summed E-state index contributed by atoms with van der Waals surface area (Å²) < 4.78 is 144. The largest absolute Gasteiger partial charge is 0.445 e. The van der Waals surface area contributed by atoms with Crippen molar-refractivity contribution >= 4 is 70.1 Å². The highest BCUT2D eigenvalue weighted by molar-refractivity contribution is 7.90. The Morgan fingerprint density at radius 1 is 0.562 bits per heavy atom. The normalized spacial score (nSPS) is 16.4. The molecule has 10 heterocycles. The molecule has 0 radical (unpaired) electrons. The van der Waals surface area contributed by atoms with Crippen LogP contribution in [0, 0.1) is 20.8 Å². The first kappa shape index (κ1) is 73.5. The third kappa shape index (κ3) is 16.3. The van der Waals surface area contributed by atoms with Crippen LogP contribution in [-0.2, 0) is 58.7 Å². The number of amides is 2. The third-order valence-corrected chi connectivity index (χ3v) is 22.0. The zero-order valence-electron chi connectivity index (χ0n) is 57.5. The summed E-state index contributed by atoms with van der Waals surface area (Å²) in [5.74, 6) is 0.370. The number of nitrogens with two attached hydrogens (primary N) is 1. The minimum atomic E-state index is -4.98. The fraction of sp³-hybridized carbons (Fsp3) is 0.260. The molecule has 2 saturated heterocycles. The lowest BCUT2D eigenvalue weighted by Gasteiger charge is -2.37. The van der Waals surface area contributed by atoms with Gasteiger partial charge in [0, 0.05) is 90.2 Å². The number of hydrogen-bond donors (Lipinski definition) is 2. The molecule has 26 nitrogen and oxygen atoms in total. The summed E-state index contributed by atoms with van der Waals surface area (Å²) in [6, 6.07) is 41.4. The van der Waals surface area contributed by atoms with E-state index in [9.17, 15) is 48.0 Å². The van der Waals surface area contributed by atoms with Gasteiger partial charge in [-0.15, -0.1) is 0 Å². The standard InChI is InChI=1S/C36H35N7O5S.C23H16F3N5O5S2.C14H20N2O2/c1-23-18-37-35(38-27-15-14-24(2)42(19-27)36(44)47-21-26-10-6-4-7-11-26)40-33(23)30-20-43(49(45,46)28-12-8-5-9-13-28)34-29(30)16-17-32(39-34)31-22-48-41-25(31)3;1-13-17(12-36-30-13)19-9-8-15-16(20-18(23(24,25)26)10-27-22(29-20)37(2,32)33)11-31(21(15)28-19)38(34,35)14-6-4-3-5-7-14;1-11-7-8-13(15)9-16(11)14(17)18-10-12-5-3-2-4-6-12/h4-13,16-18,20,22,24,27H,14-15,19,21H2,1-3H3,(H,37,38,40);3-12H,1-2H3;2-6,11,13H,7-10,15H2,1H3/t24-,27-;;11-,13+/m1.0/s1. The molecule has 544 valence electrons. The van der Waals surface area contributed by atoms with E-state index in [1.807, 2.05) is 93.6 Å². The van der Waals surface area contributed by atoms with E-state index in [1.54, 1.807) is 72.4 Å². The first-order valence-corrected chi connectivity index (χ1v) is 37.8. The van der Waals surface area contributed by atoms with Crippen LogP contribution in [0.3, 0.4) is 0 Å². The number of sulfone groups is 1. The van der Waals surface area contributed by atoms with E-state index in [2.05, 4.69) is 35.6 Å². The summed E-state index contributed by atoms with van der Waals surface area (Å²) in [5.41, 5.74) is 10.3. The van der Waals surface area contributed by atoms with Crippen LogP contribution in [0.5, 0.6) is 0 Å². The quantitative estimate of drug-likeness (QED) is 0.0900. The number of nitrogens with zero attached hydrogens (tertiary/aromatic N) is 12. The molecule has 105 heavy (non-hydrogen) atoms. The van der Waals surface area contributed by atoms with Gasteiger partial charge in [0.15, 0.2) is 11.3 Å². The van der Waals surface area contributed by atoms with Crippen molar-refractivity contribution in [2.75, 3.05) is 24.7 Å².